The number of halogens is 1. The van der Waals surface area contributed by atoms with Crippen molar-refractivity contribution >= 4 is 23.5 Å². The Balaban J connectivity index is 1.87. The summed E-state index contributed by atoms with van der Waals surface area (Å²) in [6, 6.07) is 11.7. The van der Waals surface area contributed by atoms with Crippen LogP contribution in [0.15, 0.2) is 48.0 Å². The van der Waals surface area contributed by atoms with E-state index in [0.717, 1.165) is 5.56 Å². The zero-order chi connectivity index (χ0) is 15.7. The summed E-state index contributed by atoms with van der Waals surface area (Å²) in [5.74, 6) is -0.598. The van der Waals surface area contributed by atoms with E-state index < -0.39 is 0 Å². The molecule has 22 heavy (non-hydrogen) atoms. The van der Waals surface area contributed by atoms with Gasteiger partial charge in [-0.15, -0.1) is 0 Å². The van der Waals surface area contributed by atoms with Crippen LogP contribution in [-0.4, -0.2) is 11.7 Å². The Labute approximate surface area is 127 Å². The molecular weight excluding hydrogens is 281 g/mol. The molecule has 1 aliphatic rings. The van der Waals surface area contributed by atoms with E-state index in [9.17, 15) is 14.0 Å². The smallest absolute Gasteiger partial charge is 0.221 e. The van der Waals surface area contributed by atoms with Crippen LogP contribution >= 0.6 is 0 Å². The van der Waals surface area contributed by atoms with Gasteiger partial charge in [0.2, 0.25) is 5.91 Å². The van der Waals surface area contributed by atoms with Gasteiger partial charge in [-0.1, -0.05) is 24.3 Å². The summed E-state index contributed by atoms with van der Waals surface area (Å²) in [5, 5.41) is 2.68. The first-order valence-corrected chi connectivity index (χ1v) is 6.95. The number of carbonyl (C=O) groups excluding carboxylic acids is 2. The van der Waals surface area contributed by atoms with E-state index in [4.69, 9.17) is 0 Å². The Morgan fingerprint density at radius 3 is 2.55 bits per heavy atom. The predicted molar refractivity (Wildman–Crippen MR) is 83.2 cm³/mol. The molecule has 0 aromatic heterocycles. The van der Waals surface area contributed by atoms with Crippen LogP contribution in [0.25, 0.3) is 6.08 Å². The van der Waals surface area contributed by atoms with Crippen molar-refractivity contribution in [2.75, 3.05) is 5.32 Å². The van der Waals surface area contributed by atoms with Gasteiger partial charge in [-0.3, -0.25) is 9.59 Å². The molecule has 0 spiro atoms. The number of nitrogens with one attached hydrogen (secondary N) is 1. The van der Waals surface area contributed by atoms with Crippen molar-refractivity contribution in [1.29, 1.82) is 0 Å². The minimum Gasteiger partial charge on any atom is -0.326 e. The maximum atomic E-state index is 13.7. The summed E-state index contributed by atoms with van der Waals surface area (Å²) in [6.45, 7) is 1.44. The van der Waals surface area contributed by atoms with Crippen LogP contribution in [0.1, 0.15) is 28.4 Å². The molecule has 0 heterocycles. The topological polar surface area (TPSA) is 46.2 Å². The van der Waals surface area contributed by atoms with Crippen LogP contribution in [0, 0.1) is 5.82 Å². The van der Waals surface area contributed by atoms with E-state index in [1.807, 2.05) is 12.1 Å². The number of allylic oxidation sites excluding steroid dienone is 1. The highest BCUT2D eigenvalue weighted by Gasteiger charge is 2.26. The molecule has 0 saturated carbocycles. The van der Waals surface area contributed by atoms with Crippen molar-refractivity contribution in [3.8, 4) is 0 Å². The zero-order valence-corrected chi connectivity index (χ0v) is 12.0. The Kier molecular flexibility index (Phi) is 3.59. The summed E-state index contributed by atoms with van der Waals surface area (Å²) >= 11 is 0. The second-order valence-electron chi connectivity index (χ2n) is 5.24. The SMILES string of the molecule is CC(=O)Nc1ccc(/C=C2/Cc3c(F)cccc3C2=O)cc1. The fourth-order valence-electron chi connectivity index (χ4n) is 2.58. The highest BCUT2D eigenvalue weighted by Crippen LogP contribution is 2.29. The van der Waals surface area contributed by atoms with Crippen LogP contribution in [0.4, 0.5) is 10.1 Å². The van der Waals surface area contributed by atoms with Crippen LogP contribution < -0.4 is 5.32 Å². The quantitative estimate of drug-likeness (QED) is 0.860. The fourth-order valence-corrected chi connectivity index (χ4v) is 2.58. The van der Waals surface area contributed by atoms with Gasteiger partial charge in [0.15, 0.2) is 5.78 Å². The second kappa shape index (κ2) is 5.56. The van der Waals surface area contributed by atoms with Gasteiger partial charge in [-0.05, 0) is 29.8 Å². The first-order valence-electron chi connectivity index (χ1n) is 6.95. The molecular formula is C18H14FNO2. The molecule has 0 saturated heterocycles. The van der Waals surface area contributed by atoms with Crippen LogP contribution in [0.5, 0.6) is 0 Å². The van der Waals surface area contributed by atoms with Gasteiger partial charge in [0.05, 0.1) is 0 Å². The number of ketones is 1. The normalized spacial score (nSPS) is 15.0. The largest absolute Gasteiger partial charge is 0.326 e. The first kappa shape index (κ1) is 14.2. The molecule has 0 atom stereocenters. The van der Waals surface area contributed by atoms with Crippen molar-refractivity contribution in [2.45, 2.75) is 13.3 Å². The number of rotatable bonds is 2. The van der Waals surface area contributed by atoms with Gasteiger partial charge in [0, 0.05) is 35.7 Å². The Morgan fingerprint density at radius 2 is 1.91 bits per heavy atom. The molecule has 0 aliphatic heterocycles. The van der Waals surface area contributed by atoms with Gasteiger partial charge >= 0.3 is 0 Å². The molecule has 1 aliphatic carbocycles. The molecule has 110 valence electrons. The minimum atomic E-state index is -0.338. The van der Waals surface area contributed by atoms with Crippen molar-refractivity contribution < 1.29 is 14.0 Å². The van der Waals surface area contributed by atoms with Gasteiger partial charge in [-0.2, -0.15) is 0 Å². The van der Waals surface area contributed by atoms with Crippen molar-refractivity contribution in [3.05, 3.63) is 70.5 Å². The third-order valence-electron chi connectivity index (χ3n) is 3.59. The molecule has 4 heteroatoms. The molecule has 0 fully saturated rings. The Morgan fingerprint density at radius 1 is 1.18 bits per heavy atom. The summed E-state index contributed by atoms with van der Waals surface area (Å²) in [7, 11) is 0. The maximum absolute atomic E-state index is 13.7. The molecule has 2 aromatic rings. The van der Waals surface area contributed by atoms with E-state index in [0.29, 0.717) is 28.8 Å². The van der Waals surface area contributed by atoms with E-state index in [1.165, 1.54) is 13.0 Å². The number of hydrogen-bond acceptors (Lipinski definition) is 2. The van der Waals surface area contributed by atoms with Crippen molar-refractivity contribution in [3.63, 3.8) is 0 Å². The molecule has 0 unspecified atom stereocenters. The lowest BCUT2D eigenvalue weighted by Gasteiger charge is -2.02. The van der Waals surface area contributed by atoms with Gasteiger partial charge in [0.1, 0.15) is 5.82 Å². The Bertz CT molecular complexity index is 791. The van der Waals surface area contributed by atoms with Gasteiger partial charge < -0.3 is 5.32 Å². The minimum absolute atomic E-state index is 0.125. The van der Waals surface area contributed by atoms with Gasteiger partial charge in [0.25, 0.3) is 0 Å². The highest BCUT2D eigenvalue weighted by molar-refractivity contribution is 6.15. The average molecular weight is 295 g/mol. The lowest BCUT2D eigenvalue weighted by molar-refractivity contribution is -0.114. The summed E-state index contributed by atoms with van der Waals surface area (Å²) in [6.07, 6.45) is 2.08. The number of anilines is 1. The van der Waals surface area contributed by atoms with Crippen molar-refractivity contribution in [2.24, 2.45) is 0 Å². The number of fused-ring (bicyclic) bond motifs is 1. The molecule has 2 aromatic carbocycles. The highest BCUT2D eigenvalue weighted by atomic mass is 19.1. The fraction of sp³-hybridized carbons (Fsp3) is 0.111. The molecule has 0 radical (unpaired) electrons. The third kappa shape index (κ3) is 2.68. The van der Waals surface area contributed by atoms with Crippen LogP contribution in [0.2, 0.25) is 0 Å². The molecule has 0 bridgehead atoms. The first-order chi connectivity index (χ1) is 10.5. The van der Waals surface area contributed by atoms with Gasteiger partial charge in [-0.25, -0.2) is 4.39 Å². The molecule has 3 rings (SSSR count). The maximum Gasteiger partial charge on any atom is 0.221 e. The third-order valence-corrected chi connectivity index (χ3v) is 3.59. The second-order valence-corrected chi connectivity index (χ2v) is 5.24. The van der Waals surface area contributed by atoms with Crippen LogP contribution in [0.3, 0.4) is 0 Å². The molecule has 1 N–H and O–H groups in total. The average Bonchev–Trinajstić information content (AvgIpc) is 2.79. The van der Waals surface area contributed by atoms with E-state index in [-0.39, 0.29) is 17.5 Å². The number of Topliss-reactive ketones (excluding diaryl/α,β-unsaturated/α-hetero) is 1. The summed E-state index contributed by atoms with van der Waals surface area (Å²) in [5.41, 5.74) is 3.02. The lowest BCUT2D eigenvalue weighted by atomic mass is 10.1. The lowest BCUT2D eigenvalue weighted by Crippen LogP contribution is -2.05. The van der Waals surface area contributed by atoms with E-state index in [1.54, 1.807) is 30.3 Å². The number of hydrogen-bond donors (Lipinski definition) is 1. The monoisotopic (exact) mass is 295 g/mol. The molecule has 1 amide bonds. The van der Waals surface area contributed by atoms with E-state index in [2.05, 4.69) is 5.32 Å². The zero-order valence-electron chi connectivity index (χ0n) is 12.0. The van der Waals surface area contributed by atoms with E-state index >= 15 is 0 Å². The number of benzene rings is 2. The molecule has 3 nitrogen and oxygen atoms in total. The predicted octanol–water partition coefficient (Wildman–Crippen LogP) is 3.61. The number of amides is 1. The summed E-state index contributed by atoms with van der Waals surface area (Å²) < 4.78 is 13.7. The summed E-state index contributed by atoms with van der Waals surface area (Å²) in [4.78, 5) is 23.2. The Hall–Kier alpha value is -2.75. The number of carbonyl (C=O) groups is 2. The van der Waals surface area contributed by atoms with Crippen molar-refractivity contribution in [1.82, 2.24) is 0 Å². The van der Waals surface area contributed by atoms with Crippen LogP contribution in [-0.2, 0) is 11.2 Å². The standard InChI is InChI=1S/C18H14FNO2/c1-11(21)20-14-7-5-12(6-8-14)9-13-10-16-15(18(13)22)3-2-4-17(16)19/h2-9H,10H2,1H3,(H,20,21)/b13-9-.